The molecule has 3 N–H and O–H groups in total. The van der Waals surface area contributed by atoms with Gasteiger partial charge in [-0.15, -0.1) is 0 Å². The number of rotatable bonds is 51. The van der Waals surface area contributed by atoms with Gasteiger partial charge in [-0.25, -0.2) is 0 Å². The second kappa shape index (κ2) is 51.2. The van der Waals surface area contributed by atoms with Gasteiger partial charge in [-0.2, -0.15) is 0 Å². The predicted octanol–water partition coefficient (Wildman–Crippen LogP) is 16.5. The van der Waals surface area contributed by atoms with Crippen LogP contribution in [0.2, 0.25) is 0 Å². The number of nitrogens with one attached hydrogen (secondary N) is 1. The molecule has 0 fully saturated rings. The average Bonchev–Trinajstić information content (AvgIpc) is 3.26. The van der Waals surface area contributed by atoms with Gasteiger partial charge in [-0.05, 0) is 51.4 Å². The van der Waals surface area contributed by atoms with Crippen molar-refractivity contribution < 1.29 is 24.5 Å². The quantitative estimate of drug-likeness (QED) is 0.0322. The molecule has 0 aromatic carbocycles. The maximum atomic E-state index is 12.5. The molecule has 0 bridgehead atoms. The number of hydrogen-bond acceptors (Lipinski definition) is 5. The van der Waals surface area contributed by atoms with E-state index < -0.39 is 12.1 Å². The minimum absolute atomic E-state index is 0.000920. The molecule has 0 rings (SSSR count). The number of amides is 1. The number of aliphatic hydroxyl groups excluding tert-OH is 2. The van der Waals surface area contributed by atoms with Crippen LogP contribution >= 0.6 is 0 Å². The summed E-state index contributed by atoms with van der Waals surface area (Å²) in [6, 6.07) is -0.552. The van der Waals surface area contributed by atoms with Crippen molar-refractivity contribution in [3.63, 3.8) is 0 Å². The molecule has 0 saturated heterocycles. The van der Waals surface area contributed by atoms with E-state index in [4.69, 9.17) is 4.74 Å². The first kappa shape index (κ1) is 59.6. The summed E-state index contributed by atoms with van der Waals surface area (Å²) >= 11 is 0. The Hall–Kier alpha value is -1.40. The lowest BCUT2D eigenvalue weighted by molar-refractivity contribution is -0.143. The number of esters is 1. The highest BCUT2D eigenvalue weighted by Gasteiger charge is 2.20. The van der Waals surface area contributed by atoms with Crippen LogP contribution < -0.4 is 5.32 Å². The zero-order chi connectivity index (χ0) is 44.4. The van der Waals surface area contributed by atoms with Crippen LogP contribution in [-0.4, -0.2) is 47.4 Å². The maximum Gasteiger partial charge on any atom is 0.305 e. The second-order valence-corrected chi connectivity index (χ2v) is 18.9. The third-order valence-electron chi connectivity index (χ3n) is 12.8. The van der Waals surface area contributed by atoms with E-state index in [1.807, 2.05) is 0 Å². The average molecular weight is 862 g/mol. The SMILES string of the molecule is CCCCCCCCCCCCCCCCCC(O)C(CO)NC(=O)CCCCCCC/C=C\CCCCCCCCCOC(=O)CCCCCCCCCCCCCCC. The lowest BCUT2D eigenvalue weighted by Gasteiger charge is -2.22. The molecule has 1 amide bonds. The first-order valence-corrected chi connectivity index (χ1v) is 27.4. The van der Waals surface area contributed by atoms with Crippen LogP contribution in [0.4, 0.5) is 0 Å². The Balaban J connectivity index is 3.46. The van der Waals surface area contributed by atoms with E-state index in [-0.39, 0.29) is 18.5 Å². The van der Waals surface area contributed by atoms with Gasteiger partial charge in [0.2, 0.25) is 5.91 Å². The third kappa shape index (κ3) is 47.9. The summed E-state index contributed by atoms with van der Waals surface area (Å²) in [5, 5.41) is 23.2. The molecule has 0 heterocycles. The molecular formula is C55H107NO5. The molecule has 2 unspecified atom stereocenters. The van der Waals surface area contributed by atoms with Gasteiger partial charge >= 0.3 is 5.97 Å². The van der Waals surface area contributed by atoms with Crippen molar-refractivity contribution in [2.75, 3.05) is 13.2 Å². The Labute approximate surface area is 380 Å². The topological polar surface area (TPSA) is 95.9 Å². The number of carbonyl (C=O) groups excluding carboxylic acids is 2. The molecule has 362 valence electrons. The molecule has 2 atom stereocenters. The maximum absolute atomic E-state index is 12.5. The predicted molar refractivity (Wildman–Crippen MR) is 264 cm³/mol. The number of hydrogen-bond donors (Lipinski definition) is 3. The molecule has 0 spiro atoms. The van der Waals surface area contributed by atoms with Crippen LogP contribution in [0.1, 0.15) is 303 Å². The van der Waals surface area contributed by atoms with E-state index in [1.165, 1.54) is 205 Å². The van der Waals surface area contributed by atoms with Gasteiger partial charge in [-0.1, -0.05) is 251 Å². The van der Waals surface area contributed by atoms with Crippen LogP contribution in [0.25, 0.3) is 0 Å². The van der Waals surface area contributed by atoms with E-state index in [2.05, 4.69) is 31.3 Å². The summed E-state index contributed by atoms with van der Waals surface area (Å²) in [6.45, 7) is 4.94. The lowest BCUT2D eigenvalue weighted by Crippen LogP contribution is -2.45. The van der Waals surface area contributed by atoms with E-state index in [0.29, 0.717) is 25.9 Å². The highest BCUT2D eigenvalue weighted by Crippen LogP contribution is 2.17. The normalized spacial score (nSPS) is 12.7. The highest BCUT2D eigenvalue weighted by atomic mass is 16.5. The van der Waals surface area contributed by atoms with E-state index in [0.717, 1.165) is 64.2 Å². The molecule has 0 radical (unpaired) electrons. The van der Waals surface area contributed by atoms with Gasteiger partial charge in [0.1, 0.15) is 0 Å². The van der Waals surface area contributed by atoms with E-state index in [1.54, 1.807) is 0 Å². The van der Waals surface area contributed by atoms with Crippen molar-refractivity contribution in [2.45, 2.75) is 315 Å². The first-order valence-electron chi connectivity index (χ1n) is 27.4. The third-order valence-corrected chi connectivity index (χ3v) is 12.8. The minimum Gasteiger partial charge on any atom is -0.466 e. The fourth-order valence-corrected chi connectivity index (χ4v) is 8.58. The molecule has 6 heteroatoms. The molecule has 0 aromatic heterocycles. The van der Waals surface area contributed by atoms with Crippen molar-refractivity contribution in [3.8, 4) is 0 Å². The monoisotopic (exact) mass is 862 g/mol. The first-order chi connectivity index (χ1) is 30.0. The number of carbonyl (C=O) groups is 2. The standard InChI is InChI=1S/C55H107NO5/c1-3-5-7-9-11-13-15-17-20-24-27-31-35-39-43-47-53(58)52(51-57)56-54(59)48-44-40-36-32-28-25-21-18-19-22-26-30-34-38-42-46-50-61-55(60)49-45-41-37-33-29-23-16-14-12-10-8-6-4-2/h18,21,52-53,57-58H,3-17,19-20,22-51H2,1-2H3,(H,56,59)/b21-18-. The smallest absolute Gasteiger partial charge is 0.305 e. The Bertz CT molecular complexity index is 909. The molecule has 0 aromatic rings. The number of unbranched alkanes of at least 4 members (excludes halogenated alkanes) is 38. The van der Waals surface area contributed by atoms with Gasteiger partial charge in [0.05, 0.1) is 25.4 Å². The summed E-state index contributed by atoms with van der Waals surface area (Å²) in [6.07, 6.45) is 59.0. The molecule has 6 nitrogen and oxygen atoms in total. The fourth-order valence-electron chi connectivity index (χ4n) is 8.58. The van der Waals surface area contributed by atoms with Crippen molar-refractivity contribution in [1.82, 2.24) is 5.32 Å². The lowest BCUT2D eigenvalue weighted by atomic mass is 10.0. The summed E-state index contributed by atoms with van der Waals surface area (Å²) in [5.74, 6) is -0.0513. The van der Waals surface area contributed by atoms with Crippen LogP contribution in [0, 0.1) is 0 Å². The molecule has 0 saturated carbocycles. The zero-order valence-corrected chi connectivity index (χ0v) is 41.2. The Morgan fingerprint density at radius 2 is 0.770 bits per heavy atom. The van der Waals surface area contributed by atoms with Crippen LogP contribution in [0.3, 0.4) is 0 Å². The molecule has 0 aliphatic heterocycles. The molecule has 0 aliphatic carbocycles. The van der Waals surface area contributed by atoms with Crippen molar-refractivity contribution in [3.05, 3.63) is 12.2 Å². The number of allylic oxidation sites excluding steroid dienone is 2. The largest absolute Gasteiger partial charge is 0.466 e. The second-order valence-electron chi connectivity index (χ2n) is 18.9. The molecule has 61 heavy (non-hydrogen) atoms. The summed E-state index contributed by atoms with van der Waals surface area (Å²) < 4.78 is 5.46. The van der Waals surface area contributed by atoms with Gasteiger partial charge in [0.15, 0.2) is 0 Å². The van der Waals surface area contributed by atoms with Crippen LogP contribution in [0.15, 0.2) is 12.2 Å². The molecular weight excluding hydrogens is 755 g/mol. The van der Waals surface area contributed by atoms with E-state index >= 15 is 0 Å². The Morgan fingerprint density at radius 1 is 0.443 bits per heavy atom. The van der Waals surface area contributed by atoms with Gasteiger partial charge in [0, 0.05) is 12.8 Å². The van der Waals surface area contributed by atoms with Gasteiger partial charge in [-0.3, -0.25) is 9.59 Å². The minimum atomic E-state index is -0.673. The number of aliphatic hydroxyl groups is 2. The van der Waals surface area contributed by atoms with Gasteiger partial charge < -0.3 is 20.3 Å². The highest BCUT2D eigenvalue weighted by molar-refractivity contribution is 5.76. The van der Waals surface area contributed by atoms with E-state index in [9.17, 15) is 19.8 Å². The van der Waals surface area contributed by atoms with Crippen molar-refractivity contribution in [1.29, 1.82) is 0 Å². The van der Waals surface area contributed by atoms with Crippen molar-refractivity contribution >= 4 is 11.9 Å². The van der Waals surface area contributed by atoms with Crippen LogP contribution in [0.5, 0.6) is 0 Å². The summed E-state index contributed by atoms with van der Waals surface area (Å²) in [7, 11) is 0. The number of ether oxygens (including phenoxy) is 1. The fraction of sp³-hybridized carbons (Fsp3) is 0.927. The summed E-state index contributed by atoms with van der Waals surface area (Å²) in [5.41, 5.74) is 0. The Morgan fingerprint density at radius 3 is 1.16 bits per heavy atom. The van der Waals surface area contributed by atoms with Crippen LogP contribution in [-0.2, 0) is 14.3 Å². The van der Waals surface area contributed by atoms with Gasteiger partial charge in [0.25, 0.3) is 0 Å². The summed E-state index contributed by atoms with van der Waals surface area (Å²) in [4.78, 5) is 24.5. The van der Waals surface area contributed by atoms with Crippen molar-refractivity contribution in [2.24, 2.45) is 0 Å². The Kier molecular flexibility index (Phi) is 50.1. The molecule has 0 aliphatic rings. The zero-order valence-electron chi connectivity index (χ0n) is 41.2.